The molecular weight excluding hydrogens is 316 g/mol. The van der Waals surface area contributed by atoms with Gasteiger partial charge in [0.05, 0.1) is 0 Å². The smallest absolute Gasteiger partial charge is 0.410 e. The van der Waals surface area contributed by atoms with Crippen molar-refractivity contribution in [3.05, 3.63) is 0 Å². The van der Waals surface area contributed by atoms with Crippen molar-refractivity contribution in [3.63, 3.8) is 0 Å². The van der Waals surface area contributed by atoms with Crippen molar-refractivity contribution in [1.82, 2.24) is 9.80 Å². The standard InChI is InChI=1S/C16H28N2O4S/c1-12(19)23-11-13-9-14(20)18(10-13)8-6-7-17(5)15(21)22-16(2,3)4/h13H,6-11H2,1-5H3. The zero-order valence-corrected chi connectivity index (χ0v) is 15.6. The molecule has 23 heavy (non-hydrogen) atoms. The fraction of sp³-hybridized carbons (Fsp3) is 0.812. The molecule has 0 saturated carbocycles. The molecule has 0 radical (unpaired) electrons. The summed E-state index contributed by atoms with van der Waals surface area (Å²) in [7, 11) is 1.70. The molecule has 1 fully saturated rings. The van der Waals surface area contributed by atoms with E-state index < -0.39 is 5.60 Å². The fourth-order valence-corrected chi connectivity index (χ4v) is 3.04. The van der Waals surface area contributed by atoms with Gasteiger partial charge in [-0.25, -0.2) is 4.79 Å². The van der Waals surface area contributed by atoms with Gasteiger partial charge in [-0.2, -0.15) is 0 Å². The lowest BCUT2D eigenvalue weighted by atomic mass is 10.1. The van der Waals surface area contributed by atoms with E-state index in [0.717, 1.165) is 0 Å². The third kappa shape index (κ3) is 7.72. The number of carbonyl (C=O) groups excluding carboxylic acids is 3. The first-order valence-electron chi connectivity index (χ1n) is 7.93. The lowest BCUT2D eigenvalue weighted by Crippen LogP contribution is -2.36. The van der Waals surface area contributed by atoms with E-state index in [2.05, 4.69) is 0 Å². The number of hydrogen-bond acceptors (Lipinski definition) is 5. The highest BCUT2D eigenvalue weighted by molar-refractivity contribution is 8.13. The number of thioether (sulfide) groups is 1. The summed E-state index contributed by atoms with van der Waals surface area (Å²) < 4.78 is 5.29. The maximum absolute atomic E-state index is 12.0. The van der Waals surface area contributed by atoms with Gasteiger partial charge in [0, 0.05) is 45.8 Å². The molecule has 2 amide bonds. The molecule has 132 valence electrons. The monoisotopic (exact) mass is 344 g/mol. The summed E-state index contributed by atoms with van der Waals surface area (Å²) in [6.07, 6.45) is 0.886. The summed E-state index contributed by atoms with van der Waals surface area (Å²) >= 11 is 1.28. The fourth-order valence-electron chi connectivity index (χ4n) is 2.35. The summed E-state index contributed by atoms with van der Waals surface area (Å²) in [4.78, 5) is 38.1. The molecule has 1 saturated heterocycles. The molecule has 0 bridgehead atoms. The number of rotatable bonds is 6. The predicted octanol–water partition coefficient (Wildman–Crippen LogP) is 2.37. The van der Waals surface area contributed by atoms with Gasteiger partial charge in [-0.1, -0.05) is 11.8 Å². The van der Waals surface area contributed by atoms with E-state index in [9.17, 15) is 14.4 Å². The molecule has 1 atom stereocenters. The van der Waals surface area contributed by atoms with Crippen molar-refractivity contribution in [2.75, 3.05) is 32.4 Å². The van der Waals surface area contributed by atoms with Crippen LogP contribution in [0, 0.1) is 5.92 Å². The summed E-state index contributed by atoms with van der Waals surface area (Å²) in [5.41, 5.74) is -0.502. The number of ether oxygens (including phenoxy) is 1. The Morgan fingerprint density at radius 3 is 2.61 bits per heavy atom. The lowest BCUT2D eigenvalue weighted by molar-refractivity contribution is -0.127. The van der Waals surface area contributed by atoms with Gasteiger partial charge in [-0.15, -0.1) is 0 Å². The van der Waals surface area contributed by atoms with Crippen LogP contribution in [0.4, 0.5) is 4.79 Å². The molecule has 1 heterocycles. The Morgan fingerprint density at radius 1 is 1.39 bits per heavy atom. The number of amides is 2. The van der Waals surface area contributed by atoms with Crippen LogP contribution in [0.5, 0.6) is 0 Å². The normalized spacial score (nSPS) is 18.2. The third-order valence-corrected chi connectivity index (χ3v) is 4.49. The van der Waals surface area contributed by atoms with Gasteiger partial charge >= 0.3 is 6.09 Å². The maximum atomic E-state index is 12.0. The average Bonchev–Trinajstić information content (AvgIpc) is 2.75. The second kappa shape index (κ2) is 8.57. The highest BCUT2D eigenvalue weighted by Crippen LogP contribution is 2.22. The van der Waals surface area contributed by atoms with Crippen LogP contribution < -0.4 is 0 Å². The first-order chi connectivity index (χ1) is 10.6. The van der Waals surface area contributed by atoms with Gasteiger partial charge in [0.25, 0.3) is 0 Å². The molecule has 0 aliphatic carbocycles. The largest absolute Gasteiger partial charge is 0.444 e. The number of carbonyl (C=O) groups is 3. The maximum Gasteiger partial charge on any atom is 0.410 e. The molecule has 0 aromatic carbocycles. The van der Waals surface area contributed by atoms with E-state index in [1.165, 1.54) is 16.7 Å². The van der Waals surface area contributed by atoms with Crippen LogP contribution in [0.15, 0.2) is 0 Å². The van der Waals surface area contributed by atoms with Gasteiger partial charge in [0.2, 0.25) is 5.91 Å². The van der Waals surface area contributed by atoms with Gasteiger partial charge in [-0.05, 0) is 33.1 Å². The van der Waals surface area contributed by atoms with Crippen LogP contribution in [0.25, 0.3) is 0 Å². The molecule has 0 N–H and O–H groups in total. The van der Waals surface area contributed by atoms with Crippen LogP contribution in [-0.2, 0) is 14.3 Å². The van der Waals surface area contributed by atoms with Crippen molar-refractivity contribution in [2.45, 2.75) is 46.1 Å². The summed E-state index contributed by atoms with van der Waals surface area (Å²) in [5.74, 6) is 1.09. The topological polar surface area (TPSA) is 66.9 Å². The second-order valence-electron chi connectivity index (χ2n) is 6.97. The summed E-state index contributed by atoms with van der Waals surface area (Å²) in [6.45, 7) is 8.93. The molecule has 0 spiro atoms. The van der Waals surface area contributed by atoms with Gasteiger partial charge in [0.15, 0.2) is 5.12 Å². The van der Waals surface area contributed by atoms with Crippen LogP contribution in [0.2, 0.25) is 0 Å². The SMILES string of the molecule is CC(=O)SCC1CC(=O)N(CCCN(C)C(=O)OC(C)(C)C)C1. The molecule has 1 aliphatic heterocycles. The molecule has 1 unspecified atom stereocenters. The molecule has 0 aromatic heterocycles. The average molecular weight is 344 g/mol. The van der Waals surface area contributed by atoms with Gasteiger partial charge < -0.3 is 14.5 Å². The predicted molar refractivity (Wildman–Crippen MR) is 91.3 cm³/mol. The Bertz CT molecular complexity index is 448. The van der Waals surface area contributed by atoms with Crippen molar-refractivity contribution in [2.24, 2.45) is 5.92 Å². The quantitative estimate of drug-likeness (QED) is 0.740. The zero-order valence-electron chi connectivity index (χ0n) is 14.8. The Morgan fingerprint density at radius 2 is 2.04 bits per heavy atom. The highest BCUT2D eigenvalue weighted by atomic mass is 32.2. The van der Waals surface area contributed by atoms with Crippen molar-refractivity contribution >= 4 is 28.9 Å². The molecular formula is C16H28N2O4S. The molecule has 0 aromatic rings. The van der Waals surface area contributed by atoms with E-state index in [1.54, 1.807) is 14.0 Å². The van der Waals surface area contributed by atoms with E-state index in [-0.39, 0.29) is 23.0 Å². The van der Waals surface area contributed by atoms with E-state index >= 15 is 0 Å². The van der Waals surface area contributed by atoms with Crippen molar-refractivity contribution < 1.29 is 19.1 Å². The van der Waals surface area contributed by atoms with Crippen molar-refractivity contribution in [1.29, 1.82) is 0 Å². The Hall–Kier alpha value is -1.24. The van der Waals surface area contributed by atoms with Gasteiger partial charge in [0.1, 0.15) is 5.60 Å². The van der Waals surface area contributed by atoms with Crippen LogP contribution in [-0.4, -0.2) is 65.0 Å². The minimum Gasteiger partial charge on any atom is -0.444 e. The second-order valence-corrected chi connectivity index (χ2v) is 8.16. The minimum absolute atomic E-state index is 0.0925. The Labute approximate surface area is 142 Å². The van der Waals surface area contributed by atoms with E-state index in [4.69, 9.17) is 4.74 Å². The Kier molecular flexibility index (Phi) is 7.38. The van der Waals surface area contributed by atoms with E-state index in [0.29, 0.717) is 38.2 Å². The Balaban J connectivity index is 2.28. The minimum atomic E-state index is -0.502. The molecule has 1 aliphatic rings. The van der Waals surface area contributed by atoms with Gasteiger partial charge in [-0.3, -0.25) is 9.59 Å². The molecule has 7 heteroatoms. The first-order valence-corrected chi connectivity index (χ1v) is 8.92. The lowest BCUT2D eigenvalue weighted by Gasteiger charge is -2.25. The first kappa shape index (κ1) is 19.8. The third-order valence-electron chi connectivity index (χ3n) is 3.44. The van der Waals surface area contributed by atoms with Crippen LogP contribution >= 0.6 is 11.8 Å². The number of nitrogens with zero attached hydrogens (tertiary/aromatic N) is 2. The summed E-state index contributed by atoms with van der Waals surface area (Å²) in [5, 5.41) is 0.0925. The van der Waals surface area contributed by atoms with Crippen molar-refractivity contribution in [3.8, 4) is 0 Å². The zero-order chi connectivity index (χ0) is 17.6. The van der Waals surface area contributed by atoms with E-state index in [1.807, 2.05) is 25.7 Å². The highest BCUT2D eigenvalue weighted by Gasteiger charge is 2.29. The number of likely N-dealkylation sites (tertiary alicyclic amines) is 1. The molecule has 6 nitrogen and oxygen atoms in total. The van der Waals surface area contributed by atoms with Crippen LogP contribution in [0.1, 0.15) is 40.5 Å². The summed E-state index contributed by atoms with van der Waals surface area (Å²) in [6, 6.07) is 0. The molecule has 1 rings (SSSR count). The van der Waals surface area contributed by atoms with Crippen LogP contribution in [0.3, 0.4) is 0 Å². The number of hydrogen-bond donors (Lipinski definition) is 0.